The average Bonchev–Trinajstić information content (AvgIpc) is 3.36. The van der Waals surface area contributed by atoms with Crippen LogP contribution in [-0.2, 0) is 21.9 Å². The fourth-order valence-corrected chi connectivity index (χ4v) is 5.15. The summed E-state index contributed by atoms with van der Waals surface area (Å²) in [4.78, 5) is 18.3. The Morgan fingerprint density at radius 2 is 1.80 bits per heavy atom. The molecule has 0 saturated carbocycles. The Bertz CT molecular complexity index is 1510. The Kier molecular flexibility index (Phi) is 7.22. The highest BCUT2D eigenvalue weighted by atomic mass is 32.2. The van der Waals surface area contributed by atoms with Crippen LogP contribution < -0.4 is 4.72 Å². The van der Waals surface area contributed by atoms with E-state index in [4.69, 9.17) is 9.90 Å². The number of hydrogen-bond donors (Lipinski definition) is 2. The SMILES string of the molecule is Cc1cc(NS(=O)(=O)c2cn(C)cn2)c2c(-c3ccc(C)c(C)c3)csc2n1.O=C(O)C(F)(F)F. The number of imidazole rings is 1. The van der Waals surface area contributed by atoms with Crippen LogP contribution in [0.25, 0.3) is 21.3 Å². The molecule has 0 atom stereocenters. The molecule has 8 nitrogen and oxygen atoms in total. The summed E-state index contributed by atoms with van der Waals surface area (Å²) >= 11 is 1.51. The molecule has 0 amide bonds. The number of hydrogen-bond acceptors (Lipinski definition) is 6. The van der Waals surface area contributed by atoms with Gasteiger partial charge in [-0.1, -0.05) is 18.2 Å². The number of carbonyl (C=O) groups is 1. The maximum atomic E-state index is 12.8. The lowest BCUT2D eigenvalue weighted by Crippen LogP contribution is -2.21. The van der Waals surface area contributed by atoms with E-state index in [2.05, 4.69) is 46.7 Å². The summed E-state index contributed by atoms with van der Waals surface area (Å²) in [5.41, 5.74) is 5.68. The van der Waals surface area contributed by atoms with Crippen molar-refractivity contribution in [2.24, 2.45) is 7.05 Å². The van der Waals surface area contributed by atoms with Crippen molar-refractivity contribution in [3.05, 3.63) is 59.0 Å². The molecule has 0 radical (unpaired) electrons. The molecule has 0 fully saturated rings. The third kappa shape index (κ3) is 5.98. The second-order valence-corrected chi connectivity index (χ2v) is 10.2. The second-order valence-electron chi connectivity index (χ2n) is 7.73. The van der Waals surface area contributed by atoms with Gasteiger partial charge in [-0.05, 0) is 43.5 Å². The molecule has 3 aromatic heterocycles. The maximum absolute atomic E-state index is 12.8. The van der Waals surface area contributed by atoms with Crippen LogP contribution in [0.5, 0.6) is 0 Å². The summed E-state index contributed by atoms with van der Waals surface area (Å²) in [6.07, 6.45) is -2.14. The molecule has 0 aliphatic heterocycles. The topological polar surface area (TPSA) is 114 Å². The first kappa shape index (κ1) is 26.2. The Balaban J connectivity index is 0.000000429. The lowest BCUT2D eigenvalue weighted by Gasteiger charge is -2.11. The van der Waals surface area contributed by atoms with E-state index in [0.717, 1.165) is 27.0 Å². The highest BCUT2D eigenvalue weighted by Crippen LogP contribution is 2.39. The first-order valence-electron chi connectivity index (χ1n) is 9.96. The highest BCUT2D eigenvalue weighted by molar-refractivity contribution is 7.92. The number of anilines is 1. The van der Waals surface area contributed by atoms with Gasteiger partial charge >= 0.3 is 12.1 Å². The van der Waals surface area contributed by atoms with Gasteiger partial charge in [-0.15, -0.1) is 11.3 Å². The normalized spacial score (nSPS) is 11.7. The Labute approximate surface area is 203 Å². The quantitative estimate of drug-likeness (QED) is 0.384. The molecule has 3 heterocycles. The van der Waals surface area contributed by atoms with Gasteiger partial charge < -0.3 is 9.67 Å². The third-order valence-electron chi connectivity index (χ3n) is 4.93. The van der Waals surface area contributed by atoms with Crippen LogP contribution in [0, 0.1) is 20.8 Å². The van der Waals surface area contributed by atoms with Crippen LogP contribution in [0.2, 0.25) is 0 Å². The molecule has 2 N–H and O–H groups in total. The number of carboxylic acids is 1. The molecule has 0 saturated heterocycles. The molecule has 0 unspecified atom stereocenters. The molecule has 4 aromatic rings. The van der Waals surface area contributed by atoms with E-state index in [1.165, 1.54) is 35.0 Å². The number of halogens is 3. The van der Waals surface area contributed by atoms with E-state index in [1.807, 2.05) is 12.3 Å². The van der Waals surface area contributed by atoms with Crippen molar-refractivity contribution in [2.45, 2.75) is 32.0 Å². The zero-order chi connectivity index (χ0) is 26.1. The second kappa shape index (κ2) is 9.66. The van der Waals surface area contributed by atoms with Crippen LogP contribution in [-0.4, -0.2) is 40.2 Å². The van der Waals surface area contributed by atoms with Crippen molar-refractivity contribution in [3.63, 3.8) is 0 Å². The molecule has 0 spiro atoms. The number of aromatic nitrogens is 3. The van der Waals surface area contributed by atoms with Gasteiger partial charge in [-0.25, -0.2) is 14.8 Å². The standard InChI is InChI=1S/C20H20N4O2S2.C2HF3O2/c1-12-5-6-15(7-13(12)2)16-10-27-20-19(16)17(8-14(3)22-20)23-28(25,26)18-9-24(4)11-21-18;3-2(4,5)1(6)7/h5-11H,1-4H3,(H,22,23);(H,6,7). The zero-order valence-corrected chi connectivity index (χ0v) is 20.6. The van der Waals surface area contributed by atoms with Gasteiger partial charge in [0.2, 0.25) is 0 Å². The fourth-order valence-electron chi connectivity index (χ4n) is 3.09. The van der Waals surface area contributed by atoms with Gasteiger partial charge in [0.25, 0.3) is 10.0 Å². The van der Waals surface area contributed by atoms with E-state index in [0.29, 0.717) is 5.69 Å². The van der Waals surface area contributed by atoms with Gasteiger partial charge in [0.05, 0.1) is 12.0 Å². The predicted molar refractivity (Wildman–Crippen MR) is 127 cm³/mol. The molecular formula is C22H21F3N4O4S2. The monoisotopic (exact) mass is 526 g/mol. The smallest absolute Gasteiger partial charge is 0.475 e. The number of thiophene rings is 1. The number of sulfonamides is 1. The summed E-state index contributed by atoms with van der Waals surface area (Å²) < 4.78 is 61.7. The van der Waals surface area contributed by atoms with E-state index in [-0.39, 0.29) is 5.03 Å². The number of nitrogens with one attached hydrogen (secondary N) is 1. The Hall–Kier alpha value is -3.45. The lowest BCUT2D eigenvalue weighted by atomic mass is 10.00. The largest absolute Gasteiger partial charge is 0.490 e. The number of aliphatic carboxylic acids is 1. The first-order valence-corrected chi connectivity index (χ1v) is 12.3. The van der Waals surface area contributed by atoms with Gasteiger partial charge in [-0.3, -0.25) is 4.72 Å². The first-order chi connectivity index (χ1) is 16.2. The maximum Gasteiger partial charge on any atom is 0.490 e. The number of rotatable bonds is 4. The molecule has 0 aliphatic rings. The average molecular weight is 527 g/mol. The molecule has 13 heteroatoms. The predicted octanol–water partition coefficient (Wildman–Crippen LogP) is 5.06. The van der Waals surface area contributed by atoms with Crippen molar-refractivity contribution >= 4 is 43.2 Å². The molecular weight excluding hydrogens is 505 g/mol. The Morgan fingerprint density at radius 3 is 2.34 bits per heavy atom. The molecule has 186 valence electrons. The summed E-state index contributed by atoms with van der Waals surface area (Å²) in [5.74, 6) is -2.76. The van der Waals surface area contributed by atoms with Gasteiger partial charge in [-0.2, -0.15) is 21.6 Å². The molecule has 0 aliphatic carbocycles. The van der Waals surface area contributed by atoms with Crippen LogP contribution in [0.1, 0.15) is 16.8 Å². The minimum atomic E-state index is -5.08. The highest BCUT2D eigenvalue weighted by Gasteiger charge is 2.38. The van der Waals surface area contributed by atoms with Crippen LogP contribution >= 0.6 is 11.3 Å². The van der Waals surface area contributed by atoms with Gasteiger partial charge in [0.15, 0.2) is 5.03 Å². The molecule has 1 aromatic carbocycles. The van der Waals surface area contributed by atoms with E-state index in [1.54, 1.807) is 17.7 Å². The molecule has 35 heavy (non-hydrogen) atoms. The number of benzene rings is 1. The van der Waals surface area contributed by atoms with E-state index < -0.39 is 22.2 Å². The third-order valence-corrected chi connectivity index (χ3v) is 7.06. The van der Waals surface area contributed by atoms with Crippen LogP contribution in [0.3, 0.4) is 0 Å². The van der Waals surface area contributed by atoms with Crippen LogP contribution in [0.15, 0.2) is 47.2 Å². The van der Waals surface area contributed by atoms with Crippen LogP contribution in [0.4, 0.5) is 18.9 Å². The number of nitrogens with zero attached hydrogens (tertiary/aromatic N) is 3. The number of fused-ring (bicyclic) bond motifs is 1. The molecule has 0 bridgehead atoms. The van der Waals surface area contributed by atoms with Crippen molar-refractivity contribution in [1.29, 1.82) is 0 Å². The van der Waals surface area contributed by atoms with E-state index in [9.17, 15) is 21.6 Å². The van der Waals surface area contributed by atoms with Crippen molar-refractivity contribution in [1.82, 2.24) is 14.5 Å². The van der Waals surface area contributed by atoms with Crippen molar-refractivity contribution in [2.75, 3.05) is 4.72 Å². The number of aryl methyl sites for hydroxylation is 4. The minimum absolute atomic E-state index is 0.0134. The summed E-state index contributed by atoms with van der Waals surface area (Å²) in [5, 5.41) is 9.94. The summed E-state index contributed by atoms with van der Waals surface area (Å²) in [6.45, 7) is 6.00. The lowest BCUT2D eigenvalue weighted by molar-refractivity contribution is -0.192. The number of alkyl halides is 3. The van der Waals surface area contributed by atoms with Crippen molar-refractivity contribution in [3.8, 4) is 11.1 Å². The Morgan fingerprint density at radius 1 is 1.14 bits per heavy atom. The van der Waals surface area contributed by atoms with Crippen molar-refractivity contribution < 1.29 is 31.5 Å². The molecule has 4 rings (SSSR count). The summed E-state index contributed by atoms with van der Waals surface area (Å²) in [6, 6.07) is 8.02. The van der Waals surface area contributed by atoms with Gasteiger partial charge in [0, 0.05) is 35.3 Å². The van der Waals surface area contributed by atoms with E-state index >= 15 is 0 Å². The number of pyridine rings is 1. The minimum Gasteiger partial charge on any atom is -0.475 e. The van der Waals surface area contributed by atoms with Gasteiger partial charge in [0.1, 0.15) is 4.83 Å². The number of carboxylic acid groups (broad SMARTS) is 1. The summed E-state index contributed by atoms with van der Waals surface area (Å²) in [7, 11) is -2.06. The zero-order valence-electron chi connectivity index (χ0n) is 19.0. The fraction of sp³-hybridized carbons (Fsp3) is 0.227.